The second-order valence-corrected chi connectivity index (χ2v) is 7.55. The number of ether oxygens (including phenoxy) is 1. The molecule has 0 spiro atoms. The van der Waals surface area contributed by atoms with Gasteiger partial charge in [-0.15, -0.1) is 0 Å². The third kappa shape index (κ3) is 4.27. The van der Waals surface area contributed by atoms with Crippen LogP contribution in [0.3, 0.4) is 0 Å². The third-order valence-electron chi connectivity index (χ3n) is 5.95. The predicted octanol–water partition coefficient (Wildman–Crippen LogP) is 3.79. The van der Waals surface area contributed by atoms with E-state index in [-0.39, 0.29) is 0 Å². The Bertz CT molecular complexity index is 500. The fourth-order valence-electron chi connectivity index (χ4n) is 4.39. The Labute approximate surface area is 141 Å². The van der Waals surface area contributed by atoms with Gasteiger partial charge in [0.05, 0.1) is 6.10 Å². The fraction of sp³-hybridized carbons (Fsp3) is 0.700. The van der Waals surface area contributed by atoms with Crippen molar-refractivity contribution in [3.8, 4) is 0 Å². The number of piperidine rings is 1. The number of nitrogen functional groups attached to an aromatic ring is 1. The summed E-state index contributed by atoms with van der Waals surface area (Å²) in [6.07, 6.45) is 9.39. The van der Waals surface area contributed by atoms with Crippen molar-refractivity contribution < 1.29 is 4.74 Å². The Kier molecular flexibility index (Phi) is 5.60. The summed E-state index contributed by atoms with van der Waals surface area (Å²) >= 11 is 0. The Morgan fingerprint density at radius 3 is 2.43 bits per heavy atom. The third-order valence-corrected chi connectivity index (χ3v) is 5.95. The minimum absolute atomic E-state index is 0.507. The van der Waals surface area contributed by atoms with Crippen molar-refractivity contribution in [1.29, 1.82) is 0 Å². The first-order valence-electron chi connectivity index (χ1n) is 9.27. The molecule has 2 aliphatic rings. The molecule has 1 aliphatic heterocycles. The van der Waals surface area contributed by atoms with E-state index in [1.165, 1.54) is 62.7 Å². The largest absolute Gasteiger partial charge is 0.399 e. The van der Waals surface area contributed by atoms with Gasteiger partial charge in [-0.25, -0.2) is 0 Å². The zero-order chi connectivity index (χ0) is 16.2. The highest BCUT2D eigenvalue weighted by Gasteiger charge is 2.29. The number of hydrogen-bond donors (Lipinski definition) is 1. The summed E-state index contributed by atoms with van der Waals surface area (Å²) in [5, 5.41) is 0. The maximum absolute atomic E-state index is 6.15. The molecular formula is C20H32N2O. The van der Waals surface area contributed by atoms with Gasteiger partial charge in [-0.2, -0.15) is 0 Å². The topological polar surface area (TPSA) is 38.5 Å². The van der Waals surface area contributed by atoms with E-state index >= 15 is 0 Å². The van der Waals surface area contributed by atoms with Crippen LogP contribution in [0.4, 0.5) is 5.69 Å². The maximum Gasteiger partial charge on any atom is 0.0572 e. The molecular weight excluding hydrogens is 284 g/mol. The van der Waals surface area contributed by atoms with Crippen molar-refractivity contribution in [2.45, 2.75) is 64.0 Å². The molecule has 23 heavy (non-hydrogen) atoms. The molecule has 3 heteroatoms. The Morgan fingerprint density at radius 1 is 1.09 bits per heavy atom. The van der Waals surface area contributed by atoms with Crippen LogP contribution in [0.25, 0.3) is 0 Å². The van der Waals surface area contributed by atoms with Gasteiger partial charge in [-0.05, 0) is 82.5 Å². The second kappa shape index (κ2) is 7.67. The lowest BCUT2D eigenvalue weighted by atomic mass is 9.86. The molecule has 1 saturated carbocycles. The molecule has 1 aromatic rings. The van der Waals surface area contributed by atoms with E-state index in [1.807, 2.05) is 7.11 Å². The van der Waals surface area contributed by atoms with Crippen LogP contribution in [0.15, 0.2) is 18.2 Å². The van der Waals surface area contributed by atoms with Gasteiger partial charge >= 0.3 is 0 Å². The Balaban J connectivity index is 1.48. The van der Waals surface area contributed by atoms with Crippen LogP contribution in [0.5, 0.6) is 0 Å². The number of likely N-dealkylation sites (tertiary alicyclic amines) is 1. The lowest BCUT2D eigenvalue weighted by molar-refractivity contribution is 0.0290. The quantitative estimate of drug-likeness (QED) is 0.859. The first kappa shape index (κ1) is 16.8. The molecule has 0 atom stereocenters. The van der Waals surface area contributed by atoms with Crippen molar-refractivity contribution in [1.82, 2.24) is 4.90 Å². The number of nitrogens with zero attached hydrogens (tertiary/aromatic N) is 1. The first-order valence-corrected chi connectivity index (χ1v) is 9.27. The summed E-state index contributed by atoms with van der Waals surface area (Å²) in [6, 6.07) is 7.24. The molecule has 3 rings (SSSR count). The minimum atomic E-state index is 0.507. The van der Waals surface area contributed by atoms with E-state index in [0.717, 1.165) is 24.1 Å². The number of rotatable bonds is 4. The molecule has 2 fully saturated rings. The van der Waals surface area contributed by atoms with E-state index in [9.17, 15) is 0 Å². The lowest BCUT2D eigenvalue weighted by Gasteiger charge is -2.40. The molecule has 1 saturated heterocycles. The molecule has 1 aromatic carbocycles. The van der Waals surface area contributed by atoms with Crippen LogP contribution in [0.1, 0.15) is 49.7 Å². The standard InChI is InChI=1S/C20H32N2O/c1-15-3-8-20(21)17(13-15)14-16-9-11-22(12-10-16)18-4-6-19(23-2)7-5-18/h3,8,13,16,18-19H,4-7,9-12,14,21H2,1-2H3. The van der Waals surface area contributed by atoms with Gasteiger partial charge in [-0.3, -0.25) is 0 Å². The molecule has 0 radical (unpaired) electrons. The van der Waals surface area contributed by atoms with Gasteiger partial charge in [-0.1, -0.05) is 17.7 Å². The maximum atomic E-state index is 6.15. The van der Waals surface area contributed by atoms with Crippen LogP contribution in [0, 0.1) is 12.8 Å². The first-order chi connectivity index (χ1) is 11.2. The summed E-state index contributed by atoms with van der Waals surface area (Å²) in [5.74, 6) is 0.797. The lowest BCUT2D eigenvalue weighted by Crippen LogP contribution is -2.44. The molecule has 128 valence electrons. The van der Waals surface area contributed by atoms with E-state index < -0.39 is 0 Å². The Hall–Kier alpha value is -1.06. The van der Waals surface area contributed by atoms with E-state index in [2.05, 4.69) is 30.0 Å². The van der Waals surface area contributed by atoms with Crippen LogP contribution in [-0.4, -0.2) is 37.2 Å². The van der Waals surface area contributed by atoms with Gasteiger partial charge in [0.1, 0.15) is 0 Å². The molecule has 0 bridgehead atoms. The summed E-state index contributed by atoms with van der Waals surface area (Å²) in [4.78, 5) is 2.74. The fourth-order valence-corrected chi connectivity index (χ4v) is 4.39. The minimum Gasteiger partial charge on any atom is -0.399 e. The molecule has 1 aliphatic carbocycles. The van der Waals surface area contributed by atoms with Gasteiger partial charge in [0.15, 0.2) is 0 Å². The van der Waals surface area contributed by atoms with E-state index in [0.29, 0.717) is 6.10 Å². The van der Waals surface area contributed by atoms with Crippen molar-refractivity contribution >= 4 is 5.69 Å². The smallest absolute Gasteiger partial charge is 0.0572 e. The van der Waals surface area contributed by atoms with Crippen molar-refractivity contribution in [2.75, 3.05) is 25.9 Å². The highest BCUT2D eigenvalue weighted by Crippen LogP contribution is 2.30. The Morgan fingerprint density at radius 2 is 1.78 bits per heavy atom. The van der Waals surface area contributed by atoms with Crippen LogP contribution < -0.4 is 5.73 Å². The van der Waals surface area contributed by atoms with Crippen molar-refractivity contribution in [2.24, 2.45) is 5.92 Å². The van der Waals surface area contributed by atoms with Crippen molar-refractivity contribution in [3.63, 3.8) is 0 Å². The monoisotopic (exact) mass is 316 g/mol. The molecule has 0 amide bonds. The van der Waals surface area contributed by atoms with Crippen LogP contribution in [-0.2, 0) is 11.2 Å². The normalized spacial score (nSPS) is 27.2. The zero-order valence-corrected chi connectivity index (χ0v) is 14.8. The molecule has 1 heterocycles. The van der Waals surface area contributed by atoms with E-state index in [1.54, 1.807) is 0 Å². The molecule has 2 N–H and O–H groups in total. The average molecular weight is 316 g/mol. The molecule has 3 nitrogen and oxygen atoms in total. The molecule has 0 aromatic heterocycles. The highest BCUT2D eigenvalue weighted by atomic mass is 16.5. The van der Waals surface area contributed by atoms with Gasteiger partial charge in [0, 0.05) is 18.8 Å². The zero-order valence-electron chi connectivity index (χ0n) is 14.8. The second-order valence-electron chi connectivity index (χ2n) is 7.55. The number of aryl methyl sites for hydroxylation is 1. The summed E-state index contributed by atoms with van der Waals surface area (Å²) in [7, 11) is 1.85. The summed E-state index contributed by atoms with van der Waals surface area (Å²) < 4.78 is 5.50. The average Bonchev–Trinajstić information content (AvgIpc) is 2.59. The summed E-state index contributed by atoms with van der Waals surface area (Å²) in [5.41, 5.74) is 9.80. The SMILES string of the molecule is COC1CCC(N2CCC(Cc3cc(C)ccc3N)CC2)CC1. The van der Waals surface area contributed by atoms with Gasteiger partial charge in [0.25, 0.3) is 0 Å². The number of hydrogen-bond acceptors (Lipinski definition) is 3. The van der Waals surface area contributed by atoms with Gasteiger partial charge in [0.2, 0.25) is 0 Å². The van der Waals surface area contributed by atoms with E-state index in [4.69, 9.17) is 10.5 Å². The highest BCUT2D eigenvalue weighted by molar-refractivity contribution is 5.48. The van der Waals surface area contributed by atoms with Crippen molar-refractivity contribution in [3.05, 3.63) is 29.3 Å². The number of benzene rings is 1. The van der Waals surface area contributed by atoms with Crippen LogP contribution in [0.2, 0.25) is 0 Å². The number of nitrogens with two attached hydrogens (primary N) is 1. The van der Waals surface area contributed by atoms with Gasteiger partial charge < -0.3 is 15.4 Å². The molecule has 0 unspecified atom stereocenters. The predicted molar refractivity (Wildman–Crippen MR) is 96.6 cm³/mol. The summed E-state index contributed by atoms with van der Waals surface area (Å²) in [6.45, 7) is 4.68. The van der Waals surface area contributed by atoms with Crippen LogP contribution >= 0.6 is 0 Å². The number of anilines is 1. The number of methoxy groups -OCH3 is 1.